The number of nitrogens with zero attached hydrogens (tertiary/aromatic N) is 2. The second-order valence-corrected chi connectivity index (χ2v) is 17.6. The first kappa shape index (κ1) is 38.7. The number of fused-ring (bicyclic) bond motifs is 11. The Morgan fingerprint density at radius 2 is 0.731 bits per heavy atom. The van der Waals surface area contributed by atoms with E-state index in [9.17, 15) is 0 Å². The molecule has 0 aromatic heterocycles. The topological polar surface area (TPSA) is 6.48 Å². The van der Waals surface area contributed by atoms with Crippen molar-refractivity contribution in [3.63, 3.8) is 0 Å². The highest BCUT2D eigenvalue weighted by Crippen LogP contribution is 2.65. The summed E-state index contributed by atoms with van der Waals surface area (Å²) in [5, 5.41) is 2.49. The van der Waals surface area contributed by atoms with Crippen LogP contribution in [0.2, 0.25) is 0 Å². The summed E-state index contributed by atoms with van der Waals surface area (Å²) in [6.07, 6.45) is 0. The van der Waals surface area contributed by atoms with E-state index < -0.39 is 5.41 Å². The van der Waals surface area contributed by atoms with Gasteiger partial charge in [0.1, 0.15) is 0 Å². The SMILES string of the molecule is c1ccc(-c2ccccc2N(c2ccccc2)c2ccc3c(c2)C2(c4ccccc4-3)c3ccccc3-c3c(N(c4ccccc4)c4ccc(-c5ccc6ccccc6c5)cc4)cccc32)cc1. The predicted octanol–water partition coefficient (Wildman–Crippen LogP) is 17.5. The fourth-order valence-corrected chi connectivity index (χ4v) is 11.2. The predicted molar refractivity (Wildman–Crippen MR) is 280 cm³/mol. The number of hydrogen-bond acceptors (Lipinski definition) is 2. The van der Waals surface area contributed by atoms with E-state index in [1.165, 1.54) is 77.5 Å². The minimum absolute atomic E-state index is 0.576. The molecular weight excluding hydrogens is 809 g/mol. The Labute approximate surface area is 391 Å². The van der Waals surface area contributed by atoms with Gasteiger partial charge in [0.25, 0.3) is 0 Å². The van der Waals surface area contributed by atoms with Crippen molar-refractivity contribution in [3.8, 4) is 44.5 Å². The van der Waals surface area contributed by atoms with Crippen LogP contribution < -0.4 is 9.80 Å². The van der Waals surface area contributed by atoms with Crippen LogP contribution in [-0.4, -0.2) is 0 Å². The molecule has 314 valence electrons. The molecule has 0 fully saturated rings. The van der Waals surface area contributed by atoms with Crippen LogP contribution in [0.3, 0.4) is 0 Å². The Balaban J connectivity index is 1.02. The van der Waals surface area contributed by atoms with Crippen LogP contribution in [0, 0.1) is 0 Å². The third-order valence-electron chi connectivity index (χ3n) is 14.0. The van der Waals surface area contributed by atoms with Crippen molar-refractivity contribution in [1.29, 1.82) is 0 Å². The minimum atomic E-state index is -0.576. The van der Waals surface area contributed by atoms with Crippen molar-refractivity contribution in [1.82, 2.24) is 0 Å². The van der Waals surface area contributed by atoms with E-state index in [0.717, 1.165) is 34.1 Å². The number of benzene rings is 11. The first-order valence-corrected chi connectivity index (χ1v) is 23.2. The number of hydrogen-bond donors (Lipinski definition) is 0. The van der Waals surface area contributed by atoms with E-state index in [1.807, 2.05) is 0 Å². The van der Waals surface area contributed by atoms with E-state index in [4.69, 9.17) is 0 Å². The Bertz CT molecular complexity index is 3640. The van der Waals surface area contributed by atoms with Crippen molar-refractivity contribution in [2.75, 3.05) is 9.80 Å². The fraction of sp³-hybridized carbons (Fsp3) is 0.0154. The van der Waals surface area contributed by atoms with Crippen LogP contribution in [0.4, 0.5) is 34.1 Å². The standard InChI is InChI=1S/C65H44N2/c1-4-20-47(21-5-1)54-27-14-17-33-62(54)67(51-25-8-3-9-26-51)53-41-42-56-55-28-12-15-30-58(55)65(61(56)44-53)59-31-16-13-29-57(59)64-60(65)32-18-34-63(64)66(50-23-6-2-7-24-50)52-39-37-46(38-40-52)49-36-35-45-19-10-11-22-48(45)43-49/h1-44H. The highest BCUT2D eigenvalue weighted by Gasteiger charge is 2.52. The summed E-state index contributed by atoms with van der Waals surface area (Å²) < 4.78 is 0. The zero-order valence-corrected chi connectivity index (χ0v) is 36.8. The molecule has 2 aliphatic rings. The van der Waals surface area contributed by atoms with Crippen molar-refractivity contribution in [2.45, 2.75) is 5.41 Å². The molecule has 0 N–H and O–H groups in total. The van der Waals surface area contributed by atoms with Gasteiger partial charge >= 0.3 is 0 Å². The molecule has 1 spiro atoms. The molecular formula is C65H44N2. The molecule has 2 nitrogen and oxygen atoms in total. The van der Waals surface area contributed by atoms with Gasteiger partial charge in [0.05, 0.1) is 16.8 Å². The van der Waals surface area contributed by atoms with Gasteiger partial charge in [0.2, 0.25) is 0 Å². The molecule has 67 heavy (non-hydrogen) atoms. The molecule has 0 saturated heterocycles. The Hall–Kier alpha value is -8.72. The zero-order chi connectivity index (χ0) is 44.3. The molecule has 0 amide bonds. The van der Waals surface area contributed by atoms with Gasteiger partial charge in [-0.05, 0) is 133 Å². The Morgan fingerprint density at radius 1 is 0.239 bits per heavy atom. The van der Waals surface area contributed by atoms with Crippen LogP contribution in [-0.2, 0) is 5.41 Å². The zero-order valence-electron chi connectivity index (χ0n) is 36.8. The molecule has 11 aromatic rings. The van der Waals surface area contributed by atoms with Gasteiger partial charge < -0.3 is 9.80 Å². The number of para-hydroxylation sites is 3. The molecule has 0 aliphatic heterocycles. The van der Waals surface area contributed by atoms with Gasteiger partial charge in [0, 0.05) is 33.9 Å². The smallest absolute Gasteiger partial charge is 0.0727 e. The average Bonchev–Trinajstić information content (AvgIpc) is 3.87. The normalized spacial score (nSPS) is 14.0. The summed E-state index contributed by atoms with van der Waals surface area (Å²) in [5.74, 6) is 0. The molecule has 0 bridgehead atoms. The highest BCUT2D eigenvalue weighted by molar-refractivity contribution is 6.02. The van der Waals surface area contributed by atoms with Crippen molar-refractivity contribution >= 4 is 44.9 Å². The van der Waals surface area contributed by atoms with Crippen LogP contribution in [0.15, 0.2) is 267 Å². The minimum Gasteiger partial charge on any atom is -0.310 e. The van der Waals surface area contributed by atoms with Crippen LogP contribution in [0.5, 0.6) is 0 Å². The van der Waals surface area contributed by atoms with Crippen LogP contribution in [0.25, 0.3) is 55.3 Å². The molecule has 0 heterocycles. The third-order valence-corrected chi connectivity index (χ3v) is 14.0. The third kappa shape index (κ3) is 6.11. The van der Waals surface area contributed by atoms with Crippen LogP contribution in [0.1, 0.15) is 22.3 Å². The Morgan fingerprint density at radius 3 is 1.46 bits per heavy atom. The lowest BCUT2D eigenvalue weighted by molar-refractivity contribution is 0.793. The van der Waals surface area contributed by atoms with Gasteiger partial charge in [-0.3, -0.25) is 0 Å². The van der Waals surface area contributed by atoms with E-state index in [2.05, 4.69) is 277 Å². The lowest BCUT2D eigenvalue weighted by Gasteiger charge is -2.33. The summed E-state index contributed by atoms with van der Waals surface area (Å²) in [4.78, 5) is 4.89. The maximum absolute atomic E-state index is 2.49. The fourth-order valence-electron chi connectivity index (χ4n) is 11.2. The lowest BCUT2D eigenvalue weighted by atomic mass is 9.70. The van der Waals surface area contributed by atoms with Gasteiger partial charge in [-0.25, -0.2) is 0 Å². The summed E-state index contributed by atoms with van der Waals surface area (Å²) >= 11 is 0. The molecule has 11 aromatic carbocycles. The van der Waals surface area contributed by atoms with E-state index in [0.29, 0.717) is 0 Å². The van der Waals surface area contributed by atoms with Crippen molar-refractivity contribution in [2.24, 2.45) is 0 Å². The van der Waals surface area contributed by atoms with Gasteiger partial charge in [-0.2, -0.15) is 0 Å². The molecule has 0 radical (unpaired) electrons. The lowest BCUT2D eigenvalue weighted by Crippen LogP contribution is -2.26. The summed E-state index contributed by atoms with van der Waals surface area (Å²) in [5.41, 5.74) is 21.1. The number of rotatable bonds is 8. The molecule has 2 aliphatic carbocycles. The van der Waals surface area contributed by atoms with Crippen LogP contribution >= 0.6 is 0 Å². The van der Waals surface area contributed by atoms with Crippen molar-refractivity contribution < 1.29 is 0 Å². The second kappa shape index (κ2) is 15.8. The highest BCUT2D eigenvalue weighted by atomic mass is 15.2. The van der Waals surface area contributed by atoms with Gasteiger partial charge in [-0.1, -0.05) is 200 Å². The maximum atomic E-state index is 2.49. The maximum Gasteiger partial charge on any atom is 0.0727 e. The largest absolute Gasteiger partial charge is 0.310 e. The first-order chi connectivity index (χ1) is 33.3. The second-order valence-electron chi connectivity index (χ2n) is 17.6. The van der Waals surface area contributed by atoms with E-state index >= 15 is 0 Å². The van der Waals surface area contributed by atoms with E-state index in [1.54, 1.807) is 0 Å². The van der Waals surface area contributed by atoms with Gasteiger partial charge in [-0.15, -0.1) is 0 Å². The monoisotopic (exact) mass is 852 g/mol. The Kier molecular flexibility index (Phi) is 9.11. The van der Waals surface area contributed by atoms with E-state index in [-0.39, 0.29) is 0 Å². The molecule has 1 unspecified atom stereocenters. The van der Waals surface area contributed by atoms with Crippen molar-refractivity contribution in [3.05, 3.63) is 289 Å². The number of anilines is 6. The summed E-state index contributed by atoms with van der Waals surface area (Å²) in [6.45, 7) is 0. The molecule has 13 rings (SSSR count). The molecule has 2 heteroatoms. The molecule has 1 atom stereocenters. The summed E-state index contributed by atoms with van der Waals surface area (Å²) in [6, 6.07) is 98.1. The quantitative estimate of drug-likeness (QED) is 0.150. The first-order valence-electron chi connectivity index (χ1n) is 23.2. The molecule has 0 saturated carbocycles. The average molecular weight is 853 g/mol. The van der Waals surface area contributed by atoms with Gasteiger partial charge in [0.15, 0.2) is 0 Å². The summed E-state index contributed by atoms with van der Waals surface area (Å²) in [7, 11) is 0.